The molecule has 78 valence electrons. The highest BCUT2D eigenvalue weighted by atomic mass is 32.2. The number of hydrogen-bond acceptors (Lipinski definition) is 3. The Morgan fingerprint density at radius 2 is 2.14 bits per heavy atom. The smallest absolute Gasteiger partial charge is 0.126 e. The van der Waals surface area contributed by atoms with Crippen LogP contribution in [-0.4, -0.2) is 19.9 Å². The van der Waals surface area contributed by atoms with E-state index in [1.165, 1.54) is 16.0 Å². The summed E-state index contributed by atoms with van der Waals surface area (Å²) in [5.74, 6) is 0.988. The van der Waals surface area contributed by atoms with Crippen LogP contribution in [0.4, 0.5) is 0 Å². The Morgan fingerprint density at radius 3 is 2.64 bits per heavy atom. The summed E-state index contributed by atoms with van der Waals surface area (Å²) in [4.78, 5) is 1.26. The first-order valence-corrected chi connectivity index (χ1v) is 5.87. The van der Waals surface area contributed by atoms with Gasteiger partial charge in [-0.3, -0.25) is 0 Å². The molecule has 0 radical (unpaired) electrons. The average molecular weight is 211 g/mol. The summed E-state index contributed by atoms with van der Waals surface area (Å²) in [6.45, 7) is 2.72. The maximum Gasteiger partial charge on any atom is 0.126 e. The van der Waals surface area contributed by atoms with Crippen LogP contribution in [0.5, 0.6) is 5.75 Å². The molecule has 0 amide bonds. The first-order valence-electron chi connectivity index (χ1n) is 4.65. The SMILES string of the molecule is COc1c(C)ccc(SC)c1CCN. The molecule has 14 heavy (non-hydrogen) atoms. The third-order valence-corrected chi connectivity index (χ3v) is 3.06. The molecule has 0 atom stereocenters. The third kappa shape index (κ3) is 2.22. The van der Waals surface area contributed by atoms with E-state index in [2.05, 4.69) is 25.3 Å². The second kappa shape index (κ2) is 5.27. The predicted molar refractivity (Wildman–Crippen MR) is 62.3 cm³/mol. The molecule has 1 aromatic rings. The number of methoxy groups -OCH3 is 1. The Kier molecular flexibility index (Phi) is 4.29. The molecule has 0 fully saturated rings. The Morgan fingerprint density at radius 1 is 1.43 bits per heavy atom. The molecule has 0 aliphatic heterocycles. The molecule has 1 rings (SSSR count). The topological polar surface area (TPSA) is 35.2 Å². The van der Waals surface area contributed by atoms with Gasteiger partial charge in [-0.1, -0.05) is 6.07 Å². The number of hydrogen-bond donors (Lipinski definition) is 1. The van der Waals surface area contributed by atoms with Gasteiger partial charge in [-0.15, -0.1) is 11.8 Å². The molecule has 0 spiro atoms. The van der Waals surface area contributed by atoms with E-state index in [-0.39, 0.29) is 0 Å². The van der Waals surface area contributed by atoms with Crippen molar-refractivity contribution in [3.8, 4) is 5.75 Å². The Bertz CT molecular complexity index is 312. The number of nitrogens with two attached hydrogens (primary N) is 1. The number of thioether (sulfide) groups is 1. The minimum absolute atomic E-state index is 0.660. The molecular formula is C11H17NOS. The molecule has 0 unspecified atom stereocenters. The molecule has 0 bridgehead atoms. The molecule has 0 aliphatic carbocycles. The Labute approximate surface area is 89.8 Å². The summed E-state index contributed by atoms with van der Waals surface area (Å²) in [6.07, 6.45) is 2.95. The third-order valence-electron chi connectivity index (χ3n) is 2.23. The predicted octanol–water partition coefficient (Wildman–Crippen LogP) is 2.23. The monoisotopic (exact) mass is 211 g/mol. The van der Waals surface area contributed by atoms with Crippen LogP contribution in [0.3, 0.4) is 0 Å². The van der Waals surface area contributed by atoms with E-state index < -0.39 is 0 Å². The van der Waals surface area contributed by atoms with Crippen molar-refractivity contribution in [3.63, 3.8) is 0 Å². The Hall–Kier alpha value is -0.670. The van der Waals surface area contributed by atoms with E-state index in [0.29, 0.717) is 6.54 Å². The van der Waals surface area contributed by atoms with Gasteiger partial charge in [0.05, 0.1) is 7.11 Å². The molecule has 0 saturated heterocycles. The van der Waals surface area contributed by atoms with Crippen LogP contribution >= 0.6 is 11.8 Å². The Balaban J connectivity index is 3.21. The van der Waals surface area contributed by atoms with Crippen LogP contribution in [-0.2, 0) is 6.42 Å². The van der Waals surface area contributed by atoms with Crippen LogP contribution in [0.15, 0.2) is 17.0 Å². The van der Waals surface area contributed by atoms with Gasteiger partial charge >= 0.3 is 0 Å². The molecular weight excluding hydrogens is 194 g/mol. The maximum absolute atomic E-state index is 5.59. The zero-order chi connectivity index (χ0) is 10.6. The van der Waals surface area contributed by atoms with Gasteiger partial charge in [0.2, 0.25) is 0 Å². The summed E-state index contributed by atoms with van der Waals surface area (Å²) < 4.78 is 5.40. The fourth-order valence-corrected chi connectivity index (χ4v) is 2.23. The summed E-state index contributed by atoms with van der Waals surface area (Å²) >= 11 is 1.74. The normalized spacial score (nSPS) is 10.3. The van der Waals surface area contributed by atoms with E-state index >= 15 is 0 Å². The molecule has 1 aromatic carbocycles. The van der Waals surface area contributed by atoms with Crippen LogP contribution in [0.1, 0.15) is 11.1 Å². The highest BCUT2D eigenvalue weighted by Crippen LogP contribution is 2.31. The van der Waals surface area contributed by atoms with E-state index in [1.54, 1.807) is 18.9 Å². The standard InChI is InChI=1S/C11H17NOS/c1-8-4-5-10(14-3)9(6-7-12)11(8)13-2/h4-5H,6-7,12H2,1-3H3. The zero-order valence-corrected chi connectivity index (χ0v) is 9.78. The van der Waals surface area contributed by atoms with E-state index in [9.17, 15) is 0 Å². The highest BCUT2D eigenvalue weighted by molar-refractivity contribution is 7.98. The van der Waals surface area contributed by atoms with Gasteiger partial charge < -0.3 is 10.5 Å². The van der Waals surface area contributed by atoms with Crippen molar-refractivity contribution in [3.05, 3.63) is 23.3 Å². The lowest BCUT2D eigenvalue weighted by Crippen LogP contribution is -2.06. The molecule has 2 N–H and O–H groups in total. The second-order valence-corrected chi connectivity index (χ2v) is 3.98. The van der Waals surface area contributed by atoms with Crippen LogP contribution in [0, 0.1) is 6.92 Å². The summed E-state index contributed by atoms with van der Waals surface area (Å²) in [7, 11) is 1.71. The number of benzene rings is 1. The lowest BCUT2D eigenvalue weighted by molar-refractivity contribution is 0.405. The summed E-state index contributed by atoms with van der Waals surface area (Å²) in [5, 5.41) is 0. The van der Waals surface area contributed by atoms with Crippen molar-refractivity contribution >= 4 is 11.8 Å². The number of ether oxygens (including phenoxy) is 1. The molecule has 0 saturated carbocycles. The van der Waals surface area contributed by atoms with Crippen molar-refractivity contribution in [2.75, 3.05) is 19.9 Å². The van der Waals surface area contributed by atoms with Gasteiger partial charge in [-0.05, 0) is 37.8 Å². The van der Waals surface area contributed by atoms with E-state index in [0.717, 1.165) is 12.2 Å². The van der Waals surface area contributed by atoms with Crippen molar-refractivity contribution in [2.45, 2.75) is 18.2 Å². The molecule has 2 nitrogen and oxygen atoms in total. The van der Waals surface area contributed by atoms with Gasteiger partial charge in [0.25, 0.3) is 0 Å². The van der Waals surface area contributed by atoms with Crippen molar-refractivity contribution in [1.82, 2.24) is 0 Å². The maximum atomic E-state index is 5.59. The number of aryl methyl sites for hydroxylation is 1. The van der Waals surface area contributed by atoms with Crippen molar-refractivity contribution in [1.29, 1.82) is 0 Å². The fraction of sp³-hybridized carbons (Fsp3) is 0.455. The minimum atomic E-state index is 0.660. The zero-order valence-electron chi connectivity index (χ0n) is 8.96. The number of rotatable bonds is 4. The summed E-state index contributed by atoms with van der Waals surface area (Å²) in [6, 6.07) is 4.22. The summed E-state index contributed by atoms with van der Waals surface area (Å²) in [5.41, 5.74) is 8.01. The first kappa shape index (κ1) is 11.4. The molecule has 3 heteroatoms. The van der Waals surface area contributed by atoms with Gasteiger partial charge in [0.1, 0.15) is 5.75 Å². The van der Waals surface area contributed by atoms with Gasteiger partial charge in [0.15, 0.2) is 0 Å². The van der Waals surface area contributed by atoms with Crippen LogP contribution in [0.25, 0.3) is 0 Å². The first-order chi connectivity index (χ1) is 6.74. The van der Waals surface area contributed by atoms with Crippen LogP contribution < -0.4 is 10.5 Å². The van der Waals surface area contributed by atoms with Crippen LogP contribution in [0.2, 0.25) is 0 Å². The van der Waals surface area contributed by atoms with E-state index in [4.69, 9.17) is 10.5 Å². The largest absolute Gasteiger partial charge is 0.496 e. The average Bonchev–Trinajstić information content (AvgIpc) is 2.19. The highest BCUT2D eigenvalue weighted by Gasteiger charge is 2.10. The fourth-order valence-electron chi connectivity index (χ4n) is 1.58. The lowest BCUT2D eigenvalue weighted by atomic mass is 10.1. The van der Waals surface area contributed by atoms with E-state index in [1.807, 2.05) is 0 Å². The molecule has 0 heterocycles. The van der Waals surface area contributed by atoms with Gasteiger partial charge in [0, 0.05) is 10.5 Å². The van der Waals surface area contributed by atoms with Gasteiger partial charge in [-0.25, -0.2) is 0 Å². The molecule has 0 aromatic heterocycles. The minimum Gasteiger partial charge on any atom is -0.496 e. The lowest BCUT2D eigenvalue weighted by Gasteiger charge is -2.14. The van der Waals surface area contributed by atoms with Gasteiger partial charge in [-0.2, -0.15) is 0 Å². The van der Waals surface area contributed by atoms with Crippen molar-refractivity contribution < 1.29 is 4.74 Å². The quantitative estimate of drug-likeness (QED) is 0.776. The molecule has 0 aliphatic rings. The van der Waals surface area contributed by atoms with Crippen molar-refractivity contribution in [2.24, 2.45) is 5.73 Å². The second-order valence-electron chi connectivity index (χ2n) is 3.14.